The van der Waals surface area contributed by atoms with Gasteiger partial charge in [-0.3, -0.25) is 14.5 Å². The van der Waals surface area contributed by atoms with Crippen molar-refractivity contribution in [3.63, 3.8) is 0 Å². The Kier molecular flexibility index (Phi) is 8.58. The Morgan fingerprint density at radius 2 is 1.50 bits per heavy atom. The number of benzene rings is 2. The smallest absolute Gasteiger partial charge is 0.234 e. The van der Waals surface area contributed by atoms with Crippen molar-refractivity contribution in [2.45, 2.75) is 44.6 Å². The van der Waals surface area contributed by atoms with Gasteiger partial charge in [0.25, 0.3) is 0 Å². The minimum Gasteiger partial charge on any atom is -0.497 e. The molecule has 182 valence electrons. The predicted octanol–water partition coefficient (Wildman–Crippen LogP) is 4.02. The van der Waals surface area contributed by atoms with Crippen LogP contribution in [0.15, 0.2) is 54.6 Å². The average molecular weight is 464 g/mol. The SMILES string of the molecule is COc1ccc(C(NC(=O)CN2CCC(C(=O)N3CCCCCC3)CC2)c2ccccc2)cc1. The number of nitrogens with one attached hydrogen (secondary N) is 1. The van der Waals surface area contributed by atoms with Crippen molar-refractivity contribution in [2.75, 3.05) is 39.8 Å². The molecule has 6 nitrogen and oxygen atoms in total. The quantitative estimate of drug-likeness (QED) is 0.674. The molecule has 0 spiro atoms. The second kappa shape index (κ2) is 12.0. The molecule has 0 radical (unpaired) electrons. The van der Waals surface area contributed by atoms with Crippen LogP contribution >= 0.6 is 0 Å². The molecule has 1 unspecified atom stereocenters. The van der Waals surface area contributed by atoms with Crippen molar-refractivity contribution in [2.24, 2.45) is 5.92 Å². The fraction of sp³-hybridized carbons (Fsp3) is 0.500. The van der Waals surface area contributed by atoms with Crippen LogP contribution in [0, 0.1) is 5.92 Å². The lowest BCUT2D eigenvalue weighted by Gasteiger charge is -2.34. The summed E-state index contributed by atoms with van der Waals surface area (Å²) in [6.45, 7) is 3.75. The maximum atomic E-state index is 13.0. The molecule has 2 heterocycles. The molecule has 2 aromatic carbocycles. The van der Waals surface area contributed by atoms with E-state index >= 15 is 0 Å². The summed E-state index contributed by atoms with van der Waals surface area (Å²) in [5.74, 6) is 1.23. The molecule has 2 aliphatic rings. The second-order valence-electron chi connectivity index (χ2n) is 9.47. The molecular weight excluding hydrogens is 426 g/mol. The zero-order chi connectivity index (χ0) is 23.8. The van der Waals surface area contributed by atoms with Gasteiger partial charge in [-0.05, 0) is 62.0 Å². The number of nitrogens with zero attached hydrogens (tertiary/aromatic N) is 2. The van der Waals surface area contributed by atoms with Gasteiger partial charge in [-0.2, -0.15) is 0 Å². The molecule has 0 aromatic heterocycles. The number of piperidine rings is 1. The third kappa shape index (κ3) is 6.38. The van der Waals surface area contributed by atoms with Gasteiger partial charge in [-0.1, -0.05) is 55.3 Å². The Hall–Kier alpha value is -2.86. The van der Waals surface area contributed by atoms with Crippen molar-refractivity contribution in [3.05, 3.63) is 65.7 Å². The summed E-state index contributed by atoms with van der Waals surface area (Å²) < 4.78 is 5.29. The molecule has 1 N–H and O–H groups in total. The Balaban J connectivity index is 1.33. The van der Waals surface area contributed by atoms with E-state index in [1.165, 1.54) is 12.8 Å². The number of methoxy groups -OCH3 is 1. The summed E-state index contributed by atoms with van der Waals surface area (Å²) in [6.07, 6.45) is 6.39. The maximum Gasteiger partial charge on any atom is 0.234 e. The standard InChI is InChI=1S/C28H37N3O3/c1-34-25-13-11-23(12-14-25)27(22-9-5-4-6-10-22)29-26(32)21-30-19-15-24(16-20-30)28(33)31-17-7-2-3-8-18-31/h4-6,9-14,24,27H,2-3,7-8,15-21H2,1H3,(H,29,32). The van der Waals surface area contributed by atoms with Gasteiger partial charge in [0.2, 0.25) is 11.8 Å². The summed E-state index contributed by atoms with van der Waals surface area (Å²) in [7, 11) is 1.65. The van der Waals surface area contributed by atoms with E-state index in [1.54, 1.807) is 7.11 Å². The summed E-state index contributed by atoms with van der Waals surface area (Å²) >= 11 is 0. The zero-order valence-electron chi connectivity index (χ0n) is 20.2. The van der Waals surface area contributed by atoms with E-state index < -0.39 is 0 Å². The topological polar surface area (TPSA) is 61.9 Å². The monoisotopic (exact) mass is 463 g/mol. The van der Waals surface area contributed by atoms with Crippen LogP contribution in [-0.4, -0.2) is 61.4 Å². The minimum absolute atomic E-state index is 0.00182. The van der Waals surface area contributed by atoms with Gasteiger partial charge in [-0.15, -0.1) is 0 Å². The summed E-state index contributed by atoms with van der Waals surface area (Å²) in [5, 5.41) is 3.23. The summed E-state index contributed by atoms with van der Waals surface area (Å²) in [4.78, 5) is 30.3. The molecular formula is C28H37N3O3. The fourth-order valence-corrected chi connectivity index (χ4v) is 5.10. The molecule has 4 rings (SSSR count). The molecule has 2 aliphatic heterocycles. The molecule has 2 amide bonds. The van der Waals surface area contributed by atoms with Crippen molar-refractivity contribution < 1.29 is 14.3 Å². The predicted molar refractivity (Wildman–Crippen MR) is 134 cm³/mol. The highest BCUT2D eigenvalue weighted by Gasteiger charge is 2.29. The second-order valence-corrected chi connectivity index (χ2v) is 9.47. The van der Waals surface area contributed by atoms with Crippen LogP contribution in [0.3, 0.4) is 0 Å². The number of rotatable bonds is 7. The largest absolute Gasteiger partial charge is 0.497 e. The number of hydrogen-bond donors (Lipinski definition) is 1. The Bertz CT molecular complexity index is 916. The summed E-state index contributed by atoms with van der Waals surface area (Å²) in [5.41, 5.74) is 2.06. The highest BCUT2D eigenvalue weighted by atomic mass is 16.5. The maximum absolute atomic E-state index is 13.0. The number of hydrogen-bond acceptors (Lipinski definition) is 4. The number of amides is 2. The first-order valence-corrected chi connectivity index (χ1v) is 12.6. The molecule has 0 bridgehead atoms. The van der Waals surface area contributed by atoms with Crippen molar-refractivity contribution in [3.8, 4) is 5.75 Å². The van der Waals surface area contributed by atoms with Crippen molar-refractivity contribution >= 4 is 11.8 Å². The van der Waals surface area contributed by atoms with Crippen LogP contribution in [0.2, 0.25) is 0 Å². The van der Waals surface area contributed by atoms with E-state index in [-0.39, 0.29) is 17.9 Å². The zero-order valence-corrected chi connectivity index (χ0v) is 20.2. The fourth-order valence-electron chi connectivity index (χ4n) is 5.10. The van der Waals surface area contributed by atoms with Crippen LogP contribution in [0.4, 0.5) is 0 Å². The molecule has 6 heteroatoms. The van der Waals surface area contributed by atoms with E-state index in [2.05, 4.69) is 15.1 Å². The van der Waals surface area contributed by atoms with E-state index in [1.807, 2.05) is 54.6 Å². The third-order valence-corrected chi connectivity index (χ3v) is 7.11. The van der Waals surface area contributed by atoms with Gasteiger partial charge in [0.1, 0.15) is 5.75 Å². The van der Waals surface area contributed by atoms with Crippen LogP contribution < -0.4 is 10.1 Å². The molecule has 2 aromatic rings. The first-order valence-electron chi connectivity index (χ1n) is 12.6. The molecule has 2 fully saturated rings. The molecule has 0 aliphatic carbocycles. The van der Waals surface area contributed by atoms with Crippen molar-refractivity contribution in [1.29, 1.82) is 0 Å². The van der Waals surface area contributed by atoms with Gasteiger partial charge < -0.3 is 15.0 Å². The normalized spacial score (nSPS) is 18.7. The van der Waals surface area contributed by atoms with E-state index in [0.717, 1.165) is 68.7 Å². The van der Waals surface area contributed by atoms with Crippen LogP contribution in [0.5, 0.6) is 5.75 Å². The summed E-state index contributed by atoms with van der Waals surface area (Å²) in [6, 6.07) is 17.6. The molecule has 1 atom stereocenters. The number of likely N-dealkylation sites (tertiary alicyclic amines) is 2. The number of ether oxygens (including phenoxy) is 1. The molecule has 0 saturated carbocycles. The Morgan fingerprint density at radius 1 is 0.882 bits per heavy atom. The lowest BCUT2D eigenvalue weighted by Crippen LogP contribution is -2.46. The first kappa shape index (κ1) is 24.3. The molecule has 2 saturated heterocycles. The van der Waals surface area contributed by atoms with Crippen LogP contribution in [0.25, 0.3) is 0 Å². The Labute approximate surface area is 203 Å². The van der Waals surface area contributed by atoms with Gasteiger partial charge in [0.15, 0.2) is 0 Å². The lowest BCUT2D eigenvalue weighted by atomic mass is 9.95. The number of carbonyl (C=O) groups is 2. The lowest BCUT2D eigenvalue weighted by molar-refractivity contribution is -0.137. The van der Waals surface area contributed by atoms with E-state index in [0.29, 0.717) is 12.5 Å². The van der Waals surface area contributed by atoms with Gasteiger partial charge >= 0.3 is 0 Å². The highest BCUT2D eigenvalue weighted by Crippen LogP contribution is 2.25. The minimum atomic E-state index is -0.221. The Morgan fingerprint density at radius 3 is 2.12 bits per heavy atom. The first-order chi connectivity index (χ1) is 16.6. The van der Waals surface area contributed by atoms with Crippen molar-refractivity contribution in [1.82, 2.24) is 15.1 Å². The number of carbonyl (C=O) groups excluding carboxylic acids is 2. The van der Waals surface area contributed by atoms with Crippen LogP contribution in [0.1, 0.15) is 55.7 Å². The van der Waals surface area contributed by atoms with Crippen LogP contribution in [-0.2, 0) is 9.59 Å². The highest BCUT2D eigenvalue weighted by molar-refractivity contribution is 5.80. The average Bonchev–Trinajstić information content (AvgIpc) is 3.18. The van der Waals surface area contributed by atoms with Gasteiger partial charge in [0.05, 0.1) is 19.7 Å². The van der Waals surface area contributed by atoms with E-state index in [4.69, 9.17) is 4.74 Å². The van der Waals surface area contributed by atoms with Gasteiger partial charge in [0, 0.05) is 19.0 Å². The van der Waals surface area contributed by atoms with Gasteiger partial charge in [-0.25, -0.2) is 0 Å². The van der Waals surface area contributed by atoms with E-state index in [9.17, 15) is 9.59 Å². The third-order valence-electron chi connectivity index (χ3n) is 7.11. The molecule has 34 heavy (non-hydrogen) atoms.